The molecule has 0 fully saturated rings. The van der Waals surface area contributed by atoms with Crippen molar-refractivity contribution in [2.24, 2.45) is 0 Å². The number of hydrogen-bond donors (Lipinski definition) is 2. The first-order valence-corrected chi connectivity index (χ1v) is 11.0. The van der Waals surface area contributed by atoms with E-state index in [9.17, 15) is 13.2 Å². The van der Waals surface area contributed by atoms with Crippen molar-refractivity contribution in [1.29, 1.82) is 0 Å². The summed E-state index contributed by atoms with van der Waals surface area (Å²) in [5.41, 5.74) is 4.40. The average Bonchev–Trinajstić information content (AvgIpc) is 3.40. The molecule has 0 saturated heterocycles. The number of nitrogens with zero attached hydrogens (tertiary/aromatic N) is 3. The van der Waals surface area contributed by atoms with Gasteiger partial charge in [0.1, 0.15) is 11.0 Å². The molecule has 5 nitrogen and oxygen atoms in total. The highest BCUT2D eigenvalue weighted by Crippen LogP contribution is 2.34. The molecule has 0 aliphatic rings. The second-order valence-electron chi connectivity index (χ2n) is 7.38. The number of aromatic nitrogens is 4. The van der Waals surface area contributed by atoms with Gasteiger partial charge in [-0.1, -0.05) is 23.7 Å². The summed E-state index contributed by atoms with van der Waals surface area (Å²) in [5, 5.41) is 6.31. The van der Waals surface area contributed by atoms with Gasteiger partial charge in [0.2, 0.25) is 0 Å². The summed E-state index contributed by atoms with van der Waals surface area (Å²) < 4.78 is 39.2. The average molecular weight is 486 g/mol. The van der Waals surface area contributed by atoms with E-state index in [0.29, 0.717) is 27.2 Å². The minimum absolute atomic E-state index is 0.369. The Morgan fingerprint density at radius 3 is 2.67 bits per heavy atom. The highest BCUT2D eigenvalue weighted by atomic mass is 35.5. The number of aromatic amines is 1. The Bertz CT molecular complexity index is 1470. The highest BCUT2D eigenvalue weighted by molar-refractivity contribution is 7.14. The number of rotatable bonds is 4. The molecule has 0 radical (unpaired) electrons. The van der Waals surface area contributed by atoms with Crippen molar-refractivity contribution in [1.82, 2.24) is 19.9 Å². The van der Waals surface area contributed by atoms with Gasteiger partial charge in [-0.2, -0.15) is 13.2 Å². The Hall–Kier alpha value is -3.43. The molecule has 0 spiro atoms. The van der Waals surface area contributed by atoms with Crippen molar-refractivity contribution in [3.8, 4) is 22.6 Å². The molecule has 3 heterocycles. The first kappa shape index (κ1) is 21.4. The van der Waals surface area contributed by atoms with Gasteiger partial charge < -0.3 is 10.3 Å². The maximum atomic E-state index is 13.1. The van der Waals surface area contributed by atoms with E-state index in [1.54, 1.807) is 18.3 Å². The summed E-state index contributed by atoms with van der Waals surface area (Å²) in [6.45, 7) is 1.93. The summed E-state index contributed by atoms with van der Waals surface area (Å²) in [7, 11) is 0. The number of H-pyrrole nitrogens is 1. The minimum Gasteiger partial charge on any atom is -0.338 e. The van der Waals surface area contributed by atoms with E-state index in [1.165, 1.54) is 17.4 Å². The largest absolute Gasteiger partial charge is 0.416 e. The van der Waals surface area contributed by atoms with E-state index in [-0.39, 0.29) is 0 Å². The monoisotopic (exact) mass is 485 g/mol. The van der Waals surface area contributed by atoms with Crippen LogP contribution in [0.4, 0.5) is 24.0 Å². The number of imidazole rings is 1. The zero-order valence-corrected chi connectivity index (χ0v) is 18.6. The van der Waals surface area contributed by atoms with Crippen molar-refractivity contribution < 1.29 is 13.2 Å². The van der Waals surface area contributed by atoms with Gasteiger partial charge >= 0.3 is 6.18 Å². The molecule has 5 rings (SSSR count). The molecule has 0 saturated carbocycles. The number of aryl methyl sites for hydroxylation is 1. The fourth-order valence-corrected chi connectivity index (χ4v) is 4.33. The molecule has 10 heteroatoms. The normalized spacial score (nSPS) is 11.8. The van der Waals surface area contributed by atoms with Crippen molar-refractivity contribution in [2.45, 2.75) is 13.1 Å². The minimum atomic E-state index is -4.41. The van der Waals surface area contributed by atoms with Crippen LogP contribution in [0, 0.1) is 6.92 Å². The third-order valence-electron chi connectivity index (χ3n) is 5.06. The SMILES string of the molecule is Cc1cc2[nH]c(-c3cccc(C(F)(F)F)c3)nc2cc1Nc1nc(-c2ccnc(Cl)c2)cs1. The predicted octanol–water partition coefficient (Wildman–Crippen LogP) is 7.47. The fraction of sp³-hybridized carbons (Fsp3) is 0.0870. The lowest BCUT2D eigenvalue weighted by Gasteiger charge is -2.07. The number of benzene rings is 2. The summed E-state index contributed by atoms with van der Waals surface area (Å²) in [6, 6.07) is 12.4. The number of alkyl halides is 3. The molecule has 5 aromatic rings. The predicted molar refractivity (Wildman–Crippen MR) is 125 cm³/mol. The molecule has 0 bridgehead atoms. The molecule has 33 heavy (non-hydrogen) atoms. The summed E-state index contributed by atoms with van der Waals surface area (Å²) in [5.74, 6) is 0.374. The quantitative estimate of drug-likeness (QED) is 0.259. The number of pyridine rings is 1. The van der Waals surface area contributed by atoms with Gasteiger partial charge in [-0.05, 0) is 48.9 Å². The molecular weight excluding hydrogens is 471 g/mol. The van der Waals surface area contributed by atoms with Crippen LogP contribution in [0.2, 0.25) is 5.15 Å². The molecule has 0 unspecified atom stereocenters. The molecule has 0 atom stereocenters. The van der Waals surface area contributed by atoms with Crippen LogP contribution in [0.15, 0.2) is 60.1 Å². The third kappa shape index (κ3) is 4.42. The second-order valence-corrected chi connectivity index (χ2v) is 8.62. The van der Waals surface area contributed by atoms with E-state index < -0.39 is 11.7 Å². The van der Waals surface area contributed by atoms with Gasteiger partial charge in [-0.25, -0.2) is 15.0 Å². The summed E-state index contributed by atoms with van der Waals surface area (Å²) in [4.78, 5) is 16.2. The van der Waals surface area contributed by atoms with E-state index in [4.69, 9.17) is 11.6 Å². The molecule has 0 aliphatic carbocycles. The molecular formula is C23H15ClF3N5S. The molecule has 2 aromatic carbocycles. The lowest BCUT2D eigenvalue weighted by molar-refractivity contribution is -0.137. The summed E-state index contributed by atoms with van der Waals surface area (Å²) >= 11 is 7.41. The van der Waals surface area contributed by atoms with Crippen LogP contribution in [0.1, 0.15) is 11.1 Å². The smallest absolute Gasteiger partial charge is 0.338 e. The highest BCUT2D eigenvalue weighted by Gasteiger charge is 2.30. The van der Waals surface area contributed by atoms with Crippen molar-refractivity contribution >= 4 is 44.8 Å². The molecule has 0 aliphatic heterocycles. The maximum Gasteiger partial charge on any atom is 0.416 e. The Kier molecular flexibility index (Phi) is 5.30. The van der Waals surface area contributed by atoms with Crippen LogP contribution in [0.3, 0.4) is 0 Å². The molecule has 3 aromatic heterocycles. The van der Waals surface area contributed by atoms with Crippen LogP contribution < -0.4 is 5.32 Å². The Balaban J connectivity index is 1.45. The zero-order valence-electron chi connectivity index (χ0n) is 17.0. The first-order chi connectivity index (χ1) is 15.8. The van der Waals surface area contributed by atoms with Crippen molar-refractivity contribution in [3.63, 3.8) is 0 Å². The van der Waals surface area contributed by atoms with Crippen LogP contribution in [0.25, 0.3) is 33.7 Å². The van der Waals surface area contributed by atoms with E-state index >= 15 is 0 Å². The van der Waals surface area contributed by atoms with Crippen LogP contribution in [-0.4, -0.2) is 19.9 Å². The van der Waals surface area contributed by atoms with Gasteiger partial charge in [0.25, 0.3) is 0 Å². The van der Waals surface area contributed by atoms with Crippen LogP contribution in [-0.2, 0) is 6.18 Å². The lowest BCUT2D eigenvalue weighted by atomic mass is 10.1. The van der Waals surface area contributed by atoms with E-state index in [0.717, 1.165) is 40.2 Å². The lowest BCUT2D eigenvalue weighted by Crippen LogP contribution is -2.04. The fourth-order valence-electron chi connectivity index (χ4n) is 3.42. The number of hydrogen-bond acceptors (Lipinski definition) is 5. The van der Waals surface area contributed by atoms with Gasteiger partial charge in [-0.15, -0.1) is 11.3 Å². The maximum absolute atomic E-state index is 13.1. The van der Waals surface area contributed by atoms with Gasteiger partial charge in [0.05, 0.1) is 22.3 Å². The molecule has 0 amide bonds. The second kappa shape index (κ2) is 8.17. The Morgan fingerprint density at radius 2 is 1.88 bits per heavy atom. The van der Waals surface area contributed by atoms with Gasteiger partial charge in [-0.3, -0.25) is 0 Å². The van der Waals surface area contributed by atoms with Gasteiger partial charge in [0.15, 0.2) is 5.13 Å². The van der Waals surface area contributed by atoms with E-state index in [2.05, 4.69) is 25.3 Å². The standard InChI is InChI=1S/C23H15ClF3N5S/c1-12-7-17-18(30-21(29-17)14-3-2-4-15(8-14)23(25,26)27)10-16(12)31-22-32-19(11-33-22)13-5-6-28-20(24)9-13/h2-11H,1H3,(H,29,30)(H,31,32). The number of anilines is 2. The van der Waals surface area contributed by atoms with Crippen molar-refractivity contribution in [3.05, 3.63) is 76.4 Å². The first-order valence-electron chi connectivity index (χ1n) is 9.79. The number of nitrogens with one attached hydrogen (secondary N) is 2. The molecule has 2 N–H and O–H groups in total. The number of thiazole rings is 1. The van der Waals surface area contributed by atoms with Crippen LogP contribution in [0.5, 0.6) is 0 Å². The number of halogens is 4. The Morgan fingerprint density at radius 1 is 1.03 bits per heavy atom. The van der Waals surface area contributed by atoms with Crippen molar-refractivity contribution in [2.75, 3.05) is 5.32 Å². The molecule has 166 valence electrons. The third-order valence-corrected chi connectivity index (χ3v) is 6.02. The summed E-state index contributed by atoms with van der Waals surface area (Å²) in [6.07, 6.45) is -2.79. The van der Waals surface area contributed by atoms with Crippen LogP contribution >= 0.6 is 22.9 Å². The Labute approximate surface area is 195 Å². The van der Waals surface area contributed by atoms with E-state index in [1.807, 2.05) is 30.5 Å². The number of fused-ring (bicyclic) bond motifs is 1. The zero-order chi connectivity index (χ0) is 23.2. The van der Waals surface area contributed by atoms with Gasteiger partial charge in [0, 0.05) is 28.4 Å². The topological polar surface area (TPSA) is 66.5 Å².